The van der Waals surface area contributed by atoms with Crippen molar-refractivity contribution in [2.24, 2.45) is 16.6 Å². The number of fused-ring (bicyclic) bond motifs is 1. The van der Waals surface area contributed by atoms with Gasteiger partial charge in [-0.3, -0.25) is 4.99 Å². The Hall–Kier alpha value is -2.69. The van der Waals surface area contributed by atoms with Crippen LogP contribution in [0.25, 0.3) is 0 Å². The Kier molecular flexibility index (Phi) is 6.00. The molecule has 0 amide bonds. The number of nitrogens with zero attached hydrogens (tertiary/aromatic N) is 1. The zero-order valence-electron chi connectivity index (χ0n) is 15.4. The second-order valence-electron chi connectivity index (χ2n) is 6.82. The molecule has 26 heavy (non-hydrogen) atoms. The first-order valence-electron chi connectivity index (χ1n) is 9.15. The molecule has 3 rings (SSSR count). The highest BCUT2D eigenvalue weighted by molar-refractivity contribution is 5.92. The van der Waals surface area contributed by atoms with Crippen LogP contribution in [0.5, 0.6) is 11.5 Å². The smallest absolute Gasteiger partial charge is 0.193 e. The maximum Gasteiger partial charge on any atom is 0.193 e. The van der Waals surface area contributed by atoms with E-state index in [0.29, 0.717) is 37.6 Å². The number of guanidine groups is 1. The molecule has 2 aromatic carbocycles. The number of ether oxygens (including phenoxy) is 2. The minimum atomic E-state index is 0.334. The quantitative estimate of drug-likeness (QED) is 0.629. The van der Waals surface area contributed by atoms with Crippen LogP contribution >= 0.6 is 0 Å². The van der Waals surface area contributed by atoms with Crippen LogP contribution in [0.3, 0.4) is 0 Å². The highest BCUT2D eigenvalue weighted by Crippen LogP contribution is 2.32. The lowest BCUT2D eigenvalue weighted by Crippen LogP contribution is -2.24. The summed E-state index contributed by atoms with van der Waals surface area (Å²) in [5.74, 6) is 2.73. The predicted molar refractivity (Wildman–Crippen MR) is 106 cm³/mol. The molecule has 3 N–H and O–H groups in total. The zero-order chi connectivity index (χ0) is 18.4. The van der Waals surface area contributed by atoms with Crippen molar-refractivity contribution in [1.29, 1.82) is 0 Å². The molecule has 5 heteroatoms. The van der Waals surface area contributed by atoms with Gasteiger partial charge in [-0.25, -0.2) is 0 Å². The molecule has 138 valence electrons. The summed E-state index contributed by atoms with van der Waals surface area (Å²) >= 11 is 0. The van der Waals surface area contributed by atoms with Crippen LogP contribution in [0.4, 0.5) is 5.69 Å². The number of aliphatic imine (C=N–C) groups is 1. The molecule has 1 unspecified atom stereocenters. The van der Waals surface area contributed by atoms with Crippen LogP contribution in [0.2, 0.25) is 0 Å². The molecule has 0 fully saturated rings. The van der Waals surface area contributed by atoms with Crippen molar-refractivity contribution >= 4 is 11.6 Å². The highest BCUT2D eigenvalue weighted by atomic mass is 16.5. The molecule has 0 bridgehead atoms. The van der Waals surface area contributed by atoms with E-state index < -0.39 is 0 Å². The Morgan fingerprint density at radius 3 is 2.54 bits per heavy atom. The first-order valence-corrected chi connectivity index (χ1v) is 9.15. The average molecular weight is 353 g/mol. The number of anilines is 1. The number of hydrogen-bond donors (Lipinski definition) is 2. The first kappa shape index (κ1) is 18.1. The fourth-order valence-corrected chi connectivity index (χ4v) is 3.03. The van der Waals surface area contributed by atoms with Crippen LogP contribution in [-0.4, -0.2) is 25.7 Å². The van der Waals surface area contributed by atoms with E-state index in [2.05, 4.69) is 48.4 Å². The molecule has 5 nitrogen and oxygen atoms in total. The molecule has 2 aromatic rings. The normalized spacial score (nSPS) is 15.4. The number of nitrogens with two attached hydrogens (primary N) is 1. The molecule has 1 aliphatic heterocycles. The third-order valence-electron chi connectivity index (χ3n) is 4.51. The Labute approximate surface area is 155 Å². The van der Waals surface area contributed by atoms with Gasteiger partial charge in [-0.2, -0.15) is 0 Å². The summed E-state index contributed by atoms with van der Waals surface area (Å²) in [6.45, 7) is 6.40. The molecular formula is C21H27N3O2. The van der Waals surface area contributed by atoms with Crippen molar-refractivity contribution < 1.29 is 9.47 Å². The second kappa shape index (κ2) is 8.61. The molecule has 1 heterocycles. The van der Waals surface area contributed by atoms with Crippen LogP contribution in [0.1, 0.15) is 31.7 Å². The summed E-state index contributed by atoms with van der Waals surface area (Å²) in [7, 11) is 0. The Morgan fingerprint density at radius 2 is 1.81 bits per heavy atom. The number of hydrogen-bond acceptors (Lipinski definition) is 3. The van der Waals surface area contributed by atoms with E-state index in [1.165, 1.54) is 5.56 Å². The Morgan fingerprint density at radius 1 is 1.08 bits per heavy atom. The van der Waals surface area contributed by atoms with Crippen LogP contribution in [-0.2, 0) is 0 Å². The lowest BCUT2D eigenvalue weighted by Gasteiger charge is -2.19. The van der Waals surface area contributed by atoms with Gasteiger partial charge < -0.3 is 20.5 Å². The minimum absolute atomic E-state index is 0.334. The molecule has 0 radical (unpaired) electrons. The number of benzene rings is 2. The Bertz CT molecular complexity index is 744. The summed E-state index contributed by atoms with van der Waals surface area (Å²) in [5.41, 5.74) is 8.24. The molecule has 1 atom stereocenters. The van der Waals surface area contributed by atoms with Gasteiger partial charge in [0.2, 0.25) is 0 Å². The van der Waals surface area contributed by atoms with Crippen molar-refractivity contribution in [3.63, 3.8) is 0 Å². The largest absolute Gasteiger partial charge is 0.490 e. The molecule has 0 aliphatic carbocycles. The molecule has 0 aromatic heterocycles. The van der Waals surface area contributed by atoms with Crippen molar-refractivity contribution in [1.82, 2.24) is 0 Å². The van der Waals surface area contributed by atoms with E-state index in [-0.39, 0.29) is 0 Å². The van der Waals surface area contributed by atoms with Crippen molar-refractivity contribution in [2.45, 2.75) is 26.2 Å². The van der Waals surface area contributed by atoms with Gasteiger partial charge in [0.1, 0.15) is 0 Å². The lowest BCUT2D eigenvalue weighted by molar-refractivity contribution is 0.297. The third kappa shape index (κ3) is 4.69. The summed E-state index contributed by atoms with van der Waals surface area (Å²) in [5, 5.41) is 3.15. The van der Waals surface area contributed by atoms with E-state index in [4.69, 9.17) is 15.2 Å². The molecule has 0 spiro atoms. The van der Waals surface area contributed by atoms with Gasteiger partial charge in [0, 0.05) is 30.6 Å². The lowest BCUT2D eigenvalue weighted by atomic mass is 9.88. The third-order valence-corrected chi connectivity index (χ3v) is 4.51. The van der Waals surface area contributed by atoms with Gasteiger partial charge in [0.05, 0.1) is 13.2 Å². The van der Waals surface area contributed by atoms with Crippen molar-refractivity contribution in [3.8, 4) is 11.5 Å². The predicted octanol–water partition coefficient (Wildman–Crippen LogP) is 4.01. The fourth-order valence-electron chi connectivity index (χ4n) is 3.03. The highest BCUT2D eigenvalue weighted by Gasteiger charge is 2.15. The Balaban J connectivity index is 1.67. The van der Waals surface area contributed by atoms with Gasteiger partial charge in [-0.1, -0.05) is 44.2 Å². The van der Waals surface area contributed by atoms with E-state index in [1.807, 2.05) is 24.3 Å². The van der Waals surface area contributed by atoms with Crippen molar-refractivity contribution in [2.75, 3.05) is 25.1 Å². The topological polar surface area (TPSA) is 68.9 Å². The van der Waals surface area contributed by atoms with Gasteiger partial charge in [0.15, 0.2) is 17.5 Å². The summed E-state index contributed by atoms with van der Waals surface area (Å²) in [4.78, 5) is 4.56. The van der Waals surface area contributed by atoms with E-state index in [0.717, 1.165) is 23.6 Å². The number of rotatable bonds is 5. The molecular weight excluding hydrogens is 326 g/mol. The fraction of sp³-hybridized carbons (Fsp3) is 0.381. The molecule has 0 saturated carbocycles. The summed E-state index contributed by atoms with van der Waals surface area (Å²) in [6, 6.07) is 16.2. The SMILES string of the molecule is CC(C)C(CN=C(N)Nc1ccc2c(c1)OCCCO2)c1ccccc1. The maximum atomic E-state index is 6.11. The average Bonchev–Trinajstić information content (AvgIpc) is 2.87. The van der Waals surface area contributed by atoms with Crippen LogP contribution in [0.15, 0.2) is 53.5 Å². The van der Waals surface area contributed by atoms with Crippen LogP contribution in [0, 0.1) is 5.92 Å². The zero-order valence-corrected chi connectivity index (χ0v) is 15.4. The van der Waals surface area contributed by atoms with Gasteiger partial charge in [-0.15, -0.1) is 0 Å². The second-order valence-corrected chi connectivity index (χ2v) is 6.82. The van der Waals surface area contributed by atoms with Crippen molar-refractivity contribution in [3.05, 3.63) is 54.1 Å². The molecule has 0 saturated heterocycles. The summed E-state index contributed by atoms with van der Waals surface area (Å²) < 4.78 is 11.4. The van der Waals surface area contributed by atoms with Crippen LogP contribution < -0.4 is 20.5 Å². The summed E-state index contributed by atoms with van der Waals surface area (Å²) in [6.07, 6.45) is 0.886. The maximum absolute atomic E-state index is 6.11. The van der Waals surface area contributed by atoms with Gasteiger partial charge >= 0.3 is 0 Å². The van der Waals surface area contributed by atoms with E-state index >= 15 is 0 Å². The molecule has 1 aliphatic rings. The monoisotopic (exact) mass is 353 g/mol. The minimum Gasteiger partial charge on any atom is -0.490 e. The van der Waals surface area contributed by atoms with E-state index in [9.17, 15) is 0 Å². The van der Waals surface area contributed by atoms with E-state index in [1.54, 1.807) is 0 Å². The number of nitrogens with one attached hydrogen (secondary N) is 1. The standard InChI is InChI=1S/C21H27N3O2/c1-15(2)18(16-7-4-3-5-8-16)14-23-21(22)24-17-9-10-19-20(13-17)26-12-6-11-25-19/h3-5,7-10,13,15,18H,6,11-12,14H2,1-2H3,(H3,22,23,24). The first-order chi connectivity index (χ1) is 12.6. The van der Waals surface area contributed by atoms with Gasteiger partial charge in [-0.05, 0) is 23.6 Å². The van der Waals surface area contributed by atoms with Gasteiger partial charge in [0.25, 0.3) is 0 Å².